The molecule has 6 heteroatoms. The van der Waals surface area contributed by atoms with Gasteiger partial charge >= 0.3 is 0 Å². The van der Waals surface area contributed by atoms with E-state index in [1.54, 1.807) is 24.3 Å². The Balaban J connectivity index is 1.66. The van der Waals surface area contributed by atoms with Gasteiger partial charge in [0.05, 0.1) is 12.1 Å². The molecule has 0 radical (unpaired) electrons. The number of rotatable bonds is 4. The summed E-state index contributed by atoms with van der Waals surface area (Å²) in [5.41, 5.74) is 2.32. The van der Waals surface area contributed by atoms with Crippen LogP contribution in [0.15, 0.2) is 53.9 Å². The minimum atomic E-state index is -0.352. The number of anilines is 1. The Hall–Kier alpha value is -2.24. The molecule has 1 N–H and O–H groups in total. The lowest BCUT2D eigenvalue weighted by Crippen LogP contribution is -2.14. The predicted octanol–water partition coefficient (Wildman–Crippen LogP) is 4.78. The Bertz CT molecular complexity index is 833. The van der Waals surface area contributed by atoms with Crippen LogP contribution in [0.3, 0.4) is 0 Å². The van der Waals surface area contributed by atoms with Crippen molar-refractivity contribution in [3.63, 3.8) is 0 Å². The second-order valence-electron chi connectivity index (χ2n) is 4.90. The molecule has 3 aromatic rings. The van der Waals surface area contributed by atoms with Crippen LogP contribution in [0.25, 0.3) is 11.3 Å². The summed E-state index contributed by atoms with van der Waals surface area (Å²) in [6.07, 6.45) is 0.105. The zero-order chi connectivity index (χ0) is 16.2. The van der Waals surface area contributed by atoms with Crippen molar-refractivity contribution in [2.45, 2.75) is 6.42 Å². The number of hydrogen-bond acceptors (Lipinski definition) is 3. The standard InChI is InChI=1S/C17H12ClFN2OS/c18-13-6-4-12(5-7-13)15-10-23-17(20-15)21-16(22)9-11-2-1-3-14(19)8-11/h1-8,10H,9H2,(H,20,21,22). The molecule has 0 spiro atoms. The normalized spacial score (nSPS) is 10.5. The third kappa shape index (κ3) is 4.15. The molecule has 3 rings (SSSR count). The van der Waals surface area contributed by atoms with E-state index in [0.29, 0.717) is 15.7 Å². The van der Waals surface area contributed by atoms with Crippen LogP contribution in [0.2, 0.25) is 5.02 Å². The lowest BCUT2D eigenvalue weighted by atomic mass is 10.1. The molecule has 1 heterocycles. The van der Waals surface area contributed by atoms with Gasteiger partial charge in [-0.15, -0.1) is 11.3 Å². The van der Waals surface area contributed by atoms with Gasteiger partial charge in [0.25, 0.3) is 0 Å². The van der Waals surface area contributed by atoms with Gasteiger partial charge in [0.1, 0.15) is 5.82 Å². The van der Waals surface area contributed by atoms with Crippen LogP contribution in [0.1, 0.15) is 5.56 Å². The average Bonchev–Trinajstić information content (AvgIpc) is 2.96. The van der Waals surface area contributed by atoms with Gasteiger partial charge < -0.3 is 5.32 Å². The molecular formula is C17H12ClFN2OS. The van der Waals surface area contributed by atoms with Crippen molar-refractivity contribution in [1.82, 2.24) is 4.98 Å². The number of aromatic nitrogens is 1. The number of benzene rings is 2. The summed E-state index contributed by atoms with van der Waals surface area (Å²) in [5, 5.41) is 5.76. The van der Waals surface area contributed by atoms with Crippen molar-refractivity contribution < 1.29 is 9.18 Å². The molecule has 0 bridgehead atoms. The van der Waals surface area contributed by atoms with E-state index in [9.17, 15) is 9.18 Å². The number of thiazole rings is 1. The molecule has 0 unspecified atom stereocenters. The highest BCUT2D eigenvalue weighted by Crippen LogP contribution is 2.26. The van der Waals surface area contributed by atoms with Crippen molar-refractivity contribution in [3.05, 3.63) is 70.3 Å². The minimum Gasteiger partial charge on any atom is -0.302 e. The van der Waals surface area contributed by atoms with Gasteiger partial charge in [0, 0.05) is 16.0 Å². The number of nitrogens with one attached hydrogen (secondary N) is 1. The predicted molar refractivity (Wildman–Crippen MR) is 91.3 cm³/mol. The van der Waals surface area contributed by atoms with Crippen LogP contribution in [0.5, 0.6) is 0 Å². The Morgan fingerprint density at radius 2 is 2.00 bits per heavy atom. The van der Waals surface area contributed by atoms with Crippen LogP contribution in [0.4, 0.5) is 9.52 Å². The molecule has 0 fully saturated rings. The minimum absolute atomic E-state index is 0.105. The highest BCUT2D eigenvalue weighted by molar-refractivity contribution is 7.14. The first kappa shape index (κ1) is 15.6. The maximum absolute atomic E-state index is 13.1. The van der Waals surface area contributed by atoms with E-state index in [1.807, 2.05) is 17.5 Å². The van der Waals surface area contributed by atoms with E-state index in [1.165, 1.54) is 23.5 Å². The van der Waals surface area contributed by atoms with Crippen LogP contribution in [-0.4, -0.2) is 10.9 Å². The Morgan fingerprint density at radius 3 is 2.74 bits per heavy atom. The largest absolute Gasteiger partial charge is 0.302 e. The van der Waals surface area contributed by atoms with Crippen LogP contribution < -0.4 is 5.32 Å². The Morgan fingerprint density at radius 1 is 1.22 bits per heavy atom. The molecule has 0 aliphatic rings. The quantitative estimate of drug-likeness (QED) is 0.738. The number of carbonyl (C=O) groups excluding carboxylic acids is 1. The Labute approximate surface area is 141 Å². The Kier molecular flexibility index (Phi) is 4.69. The van der Waals surface area contributed by atoms with Crippen molar-refractivity contribution in [3.8, 4) is 11.3 Å². The molecule has 2 aromatic carbocycles. The summed E-state index contributed by atoms with van der Waals surface area (Å²) < 4.78 is 13.1. The third-order valence-corrected chi connectivity index (χ3v) is 4.15. The maximum atomic E-state index is 13.1. The summed E-state index contributed by atoms with van der Waals surface area (Å²) in [7, 11) is 0. The average molecular weight is 347 g/mol. The first-order chi connectivity index (χ1) is 11.1. The second kappa shape index (κ2) is 6.89. The SMILES string of the molecule is O=C(Cc1cccc(F)c1)Nc1nc(-c2ccc(Cl)cc2)cs1. The van der Waals surface area contributed by atoms with E-state index in [-0.39, 0.29) is 18.1 Å². The van der Waals surface area contributed by atoms with Gasteiger partial charge in [-0.25, -0.2) is 9.37 Å². The summed E-state index contributed by atoms with van der Waals surface area (Å²) in [6, 6.07) is 13.3. The number of carbonyl (C=O) groups is 1. The van der Waals surface area contributed by atoms with E-state index in [4.69, 9.17) is 11.6 Å². The highest BCUT2D eigenvalue weighted by atomic mass is 35.5. The molecule has 3 nitrogen and oxygen atoms in total. The van der Waals surface area contributed by atoms with Gasteiger partial charge in [-0.2, -0.15) is 0 Å². The van der Waals surface area contributed by atoms with Gasteiger partial charge in [0.15, 0.2) is 5.13 Å². The molecule has 0 saturated carbocycles. The maximum Gasteiger partial charge on any atom is 0.230 e. The van der Waals surface area contributed by atoms with Crippen LogP contribution >= 0.6 is 22.9 Å². The van der Waals surface area contributed by atoms with Crippen LogP contribution in [0, 0.1) is 5.82 Å². The summed E-state index contributed by atoms with van der Waals surface area (Å²) >= 11 is 7.20. The fourth-order valence-corrected chi connectivity index (χ4v) is 2.94. The zero-order valence-corrected chi connectivity index (χ0v) is 13.5. The monoisotopic (exact) mass is 346 g/mol. The molecule has 0 aliphatic carbocycles. The highest BCUT2D eigenvalue weighted by Gasteiger charge is 2.09. The summed E-state index contributed by atoms with van der Waals surface area (Å²) in [5.74, 6) is -0.581. The van der Waals surface area contributed by atoms with Crippen molar-refractivity contribution >= 4 is 34.0 Å². The van der Waals surface area contributed by atoms with Gasteiger partial charge in [-0.05, 0) is 29.8 Å². The van der Waals surface area contributed by atoms with Crippen molar-refractivity contribution in [2.75, 3.05) is 5.32 Å². The summed E-state index contributed by atoms with van der Waals surface area (Å²) in [6.45, 7) is 0. The first-order valence-electron chi connectivity index (χ1n) is 6.86. The van der Waals surface area contributed by atoms with Crippen LogP contribution in [-0.2, 0) is 11.2 Å². The molecule has 0 aliphatic heterocycles. The first-order valence-corrected chi connectivity index (χ1v) is 8.12. The van der Waals surface area contributed by atoms with E-state index < -0.39 is 0 Å². The molecule has 0 atom stereocenters. The zero-order valence-electron chi connectivity index (χ0n) is 11.9. The topological polar surface area (TPSA) is 42.0 Å². The van der Waals surface area contributed by atoms with Crippen molar-refractivity contribution in [1.29, 1.82) is 0 Å². The summed E-state index contributed by atoms with van der Waals surface area (Å²) in [4.78, 5) is 16.4. The molecule has 1 amide bonds. The van der Waals surface area contributed by atoms with Gasteiger partial charge in [-0.1, -0.05) is 35.9 Å². The van der Waals surface area contributed by atoms with Gasteiger partial charge in [0.2, 0.25) is 5.91 Å². The number of nitrogens with zero attached hydrogens (tertiary/aromatic N) is 1. The van der Waals surface area contributed by atoms with Crippen molar-refractivity contribution in [2.24, 2.45) is 0 Å². The van der Waals surface area contributed by atoms with Gasteiger partial charge in [-0.3, -0.25) is 4.79 Å². The van der Waals surface area contributed by atoms with E-state index in [0.717, 1.165) is 11.3 Å². The molecular weight excluding hydrogens is 335 g/mol. The third-order valence-electron chi connectivity index (χ3n) is 3.14. The molecule has 116 valence electrons. The molecule has 0 saturated heterocycles. The van der Waals surface area contributed by atoms with E-state index >= 15 is 0 Å². The smallest absolute Gasteiger partial charge is 0.230 e. The van der Waals surface area contributed by atoms with E-state index in [2.05, 4.69) is 10.3 Å². The number of amides is 1. The fourth-order valence-electron chi connectivity index (χ4n) is 2.08. The second-order valence-corrected chi connectivity index (χ2v) is 6.19. The molecule has 1 aromatic heterocycles. The number of hydrogen-bond donors (Lipinski definition) is 1. The lowest BCUT2D eigenvalue weighted by Gasteiger charge is -2.02. The number of halogens is 2. The fraction of sp³-hybridized carbons (Fsp3) is 0.0588. The lowest BCUT2D eigenvalue weighted by molar-refractivity contribution is -0.115. The molecule has 23 heavy (non-hydrogen) atoms.